The molecule has 0 aliphatic heterocycles. The Morgan fingerprint density at radius 2 is 2.09 bits per heavy atom. The first kappa shape index (κ1) is 15.5. The molecule has 6 heteroatoms. The topological polar surface area (TPSA) is 42.2 Å². The molecule has 0 bridgehead atoms. The van der Waals surface area contributed by atoms with E-state index in [4.69, 9.17) is 0 Å². The van der Waals surface area contributed by atoms with E-state index in [0.29, 0.717) is 0 Å². The first-order valence-electron chi connectivity index (χ1n) is 7.21. The van der Waals surface area contributed by atoms with E-state index in [1.54, 1.807) is 11.3 Å². The highest BCUT2D eigenvalue weighted by Gasteiger charge is 2.19. The summed E-state index contributed by atoms with van der Waals surface area (Å²) in [4.78, 5) is 5.60. The summed E-state index contributed by atoms with van der Waals surface area (Å²) in [6.07, 6.45) is 2.01. The highest BCUT2D eigenvalue weighted by molar-refractivity contribution is 9.10. The molecular formula is C16H19BrN4S. The molecule has 0 saturated heterocycles. The van der Waals surface area contributed by atoms with Crippen LogP contribution in [0.4, 0.5) is 5.13 Å². The number of halogens is 1. The minimum absolute atomic E-state index is 0.0462. The summed E-state index contributed by atoms with van der Waals surface area (Å²) in [6, 6.07) is 8.49. The number of fused-ring (bicyclic) bond motifs is 1. The van der Waals surface area contributed by atoms with Gasteiger partial charge < -0.3 is 5.32 Å². The summed E-state index contributed by atoms with van der Waals surface area (Å²) in [6.45, 7) is 8.61. The standard InChI is InChI=1S/C16H19BrN4S/c1-10(11-6-5-7-12(17)8-11)18-14-20-21-9-13(16(2,3)4)19-15(21)22-14/h5-10H,1-4H3,(H,18,20). The van der Waals surface area contributed by atoms with Crippen molar-refractivity contribution in [2.45, 2.75) is 39.2 Å². The van der Waals surface area contributed by atoms with Crippen molar-refractivity contribution >= 4 is 37.4 Å². The van der Waals surface area contributed by atoms with Gasteiger partial charge in [-0.3, -0.25) is 0 Å². The molecule has 2 aromatic heterocycles. The van der Waals surface area contributed by atoms with Gasteiger partial charge in [-0.05, 0) is 24.6 Å². The van der Waals surface area contributed by atoms with Crippen LogP contribution in [0.5, 0.6) is 0 Å². The van der Waals surface area contributed by atoms with Gasteiger partial charge in [0.2, 0.25) is 10.1 Å². The molecule has 3 rings (SSSR count). The SMILES string of the molecule is CC(Nc1nn2cc(C(C)(C)C)nc2s1)c1cccc(Br)c1. The van der Waals surface area contributed by atoms with Crippen molar-refractivity contribution in [3.05, 3.63) is 46.2 Å². The lowest BCUT2D eigenvalue weighted by atomic mass is 9.93. The van der Waals surface area contributed by atoms with Gasteiger partial charge in [-0.2, -0.15) is 0 Å². The fraction of sp³-hybridized carbons (Fsp3) is 0.375. The smallest absolute Gasteiger partial charge is 0.214 e. The van der Waals surface area contributed by atoms with Gasteiger partial charge in [0.15, 0.2) is 0 Å². The Hall–Kier alpha value is -1.40. The third kappa shape index (κ3) is 3.17. The summed E-state index contributed by atoms with van der Waals surface area (Å²) in [5.74, 6) is 0. The fourth-order valence-electron chi connectivity index (χ4n) is 2.16. The van der Waals surface area contributed by atoms with Crippen LogP contribution in [0.1, 0.15) is 45.0 Å². The van der Waals surface area contributed by atoms with Crippen LogP contribution >= 0.6 is 27.3 Å². The quantitative estimate of drug-likeness (QED) is 0.695. The summed E-state index contributed by atoms with van der Waals surface area (Å²) in [7, 11) is 0. The molecule has 0 fully saturated rings. The van der Waals surface area contributed by atoms with Crippen LogP contribution in [-0.4, -0.2) is 14.6 Å². The fourth-order valence-corrected chi connectivity index (χ4v) is 3.45. The zero-order valence-corrected chi connectivity index (χ0v) is 15.5. The molecule has 1 N–H and O–H groups in total. The molecule has 1 atom stereocenters. The van der Waals surface area contributed by atoms with Crippen molar-refractivity contribution in [1.82, 2.24) is 14.6 Å². The average Bonchev–Trinajstić information content (AvgIpc) is 2.96. The summed E-state index contributed by atoms with van der Waals surface area (Å²) >= 11 is 5.09. The Morgan fingerprint density at radius 3 is 2.73 bits per heavy atom. The lowest BCUT2D eigenvalue weighted by molar-refractivity contribution is 0.572. The third-order valence-corrected chi connectivity index (χ3v) is 4.85. The molecular weight excluding hydrogens is 360 g/mol. The minimum atomic E-state index is 0.0462. The molecule has 0 aliphatic carbocycles. The number of benzene rings is 1. The molecule has 0 spiro atoms. The molecule has 2 heterocycles. The van der Waals surface area contributed by atoms with Crippen molar-refractivity contribution in [3.63, 3.8) is 0 Å². The Kier molecular flexibility index (Phi) is 3.99. The normalized spacial score (nSPS) is 13.5. The lowest BCUT2D eigenvalue weighted by Crippen LogP contribution is -2.11. The van der Waals surface area contributed by atoms with Crippen LogP contribution in [0.15, 0.2) is 34.9 Å². The number of nitrogens with zero attached hydrogens (tertiary/aromatic N) is 3. The van der Waals surface area contributed by atoms with Crippen molar-refractivity contribution in [3.8, 4) is 0 Å². The zero-order valence-electron chi connectivity index (χ0n) is 13.1. The van der Waals surface area contributed by atoms with Gasteiger partial charge in [-0.25, -0.2) is 9.50 Å². The first-order chi connectivity index (χ1) is 10.3. The maximum atomic E-state index is 4.67. The van der Waals surface area contributed by atoms with E-state index in [0.717, 1.165) is 20.3 Å². The van der Waals surface area contributed by atoms with E-state index >= 15 is 0 Å². The number of imidazole rings is 1. The first-order valence-corrected chi connectivity index (χ1v) is 8.82. The van der Waals surface area contributed by atoms with Crippen LogP contribution < -0.4 is 5.32 Å². The van der Waals surface area contributed by atoms with Crippen molar-refractivity contribution < 1.29 is 0 Å². The third-order valence-electron chi connectivity index (χ3n) is 3.50. The van der Waals surface area contributed by atoms with E-state index in [1.165, 1.54) is 5.56 Å². The molecule has 116 valence electrons. The van der Waals surface area contributed by atoms with Gasteiger partial charge in [0.1, 0.15) is 0 Å². The van der Waals surface area contributed by atoms with E-state index in [9.17, 15) is 0 Å². The molecule has 22 heavy (non-hydrogen) atoms. The number of anilines is 1. The minimum Gasteiger partial charge on any atom is -0.354 e. The van der Waals surface area contributed by atoms with Crippen molar-refractivity contribution in [2.75, 3.05) is 5.32 Å². The zero-order chi connectivity index (χ0) is 15.9. The predicted octanol–water partition coefficient (Wildman–Crippen LogP) is 5.02. The Labute approximate surface area is 142 Å². The molecule has 1 aromatic carbocycles. The van der Waals surface area contributed by atoms with E-state index < -0.39 is 0 Å². The monoisotopic (exact) mass is 378 g/mol. The summed E-state index contributed by atoms with van der Waals surface area (Å²) in [5, 5.41) is 8.91. The molecule has 0 radical (unpaired) electrons. The number of rotatable bonds is 3. The number of hydrogen-bond acceptors (Lipinski definition) is 4. The summed E-state index contributed by atoms with van der Waals surface area (Å²) < 4.78 is 2.95. The molecule has 0 amide bonds. The number of hydrogen-bond donors (Lipinski definition) is 1. The highest BCUT2D eigenvalue weighted by Crippen LogP contribution is 2.28. The van der Waals surface area contributed by atoms with Gasteiger partial charge in [-0.15, -0.1) is 5.10 Å². The second-order valence-corrected chi connectivity index (χ2v) is 8.30. The van der Waals surface area contributed by atoms with Gasteiger partial charge in [0, 0.05) is 9.89 Å². The Balaban J connectivity index is 1.81. The van der Waals surface area contributed by atoms with E-state index in [1.807, 2.05) is 22.8 Å². The average molecular weight is 379 g/mol. The van der Waals surface area contributed by atoms with Crippen molar-refractivity contribution in [1.29, 1.82) is 0 Å². The maximum Gasteiger partial charge on any atom is 0.214 e. The molecule has 3 aromatic rings. The second-order valence-electron chi connectivity index (χ2n) is 6.43. The predicted molar refractivity (Wildman–Crippen MR) is 95.7 cm³/mol. The van der Waals surface area contributed by atoms with Gasteiger partial charge >= 0.3 is 0 Å². The van der Waals surface area contributed by atoms with Crippen LogP contribution in [0, 0.1) is 0 Å². The maximum absolute atomic E-state index is 4.67. The number of aromatic nitrogens is 3. The lowest BCUT2D eigenvalue weighted by Gasteiger charge is -2.14. The Bertz CT molecular complexity index is 768. The van der Waals surface area contributed by atoms with Gasteiger partial charge in [0.05, 0.1) is 17.9 Å². The van der Waals surface area contributed by atoms with E-state index in [-0.39, 0.29) is 11.5 Å². The van der Waals surface area contributed by atoms with Crippen molar-refractivity contribution in [2.24, 2.45) is 0 Å². The highest BCUT2D eigenvalue weighted by atomic mass is 79.9. The molecule has 1 unspecified atom stereocenters. The second kappa shape index (κ2) is 5.66. The van der Waals surface area contributed by atoms with Gasteiger partial charge in [0.25, 0.3) is 0 Å². The van der Waals surface area contributed by atoms with Crippen LogP contribution in [0.2, 0.25) is 0 Å². The van der Waals surface area contributed by atoms with Gasteiger partial charge in [-0.1, -0.05) is 60.2 Å². The van der Waals surface area contributed by atoms with Crippen LogP contribution in [0.3, 0.4) is 0 Å². The largest absolute Gasteiger partial charge is 0.354 e. The molecule has 0 saturated carbocycles. The molecule has 0 aliphatic rings. The number of nitrogens with one attached hydrogen (secondary N) is 1. The van der Waals surface area contributed by atoms with E-state index in [2.05, 4.69) is 71.2 Å². The Morgan fingerprint density at radius 1 is 1.32 bits per heavy atom. The summed E-state index contributed by atoms with van der Waals surface area (Å²) in [5.41, 5.74) is 2.33. The van der Waals surface area contributed by atoms with Crippen LogP contribution in [-0.2, 0) is 5.41 Å². The van der Waals surface area contributed by atoms with Crippen LogP contribution in [0.25, 0.3) is 4.96 Å². The molecule has 4 nitrogen and oxygen atoms in total.